The van der Waals surface area contributed by atoms with Gasteiger partial charge in [-0.05, 0) is 35.4 Å². The van der Waals surface area contributed by atoms with Crippen molar-refractivity contribution in [3.63, 3.8) is 0 Å². The lowest BCUT2D eigenvalue weighted by atomic mass is 10.2. The van der Waals surface area contributed by atoms with Crippen LogP contribution < -0.4 is 14.8 Å². The van der Waals surface area contributed by atoms with Gasteiger partial charge in [0.1, 0.15) is 11.5 Å². The van der Waals surface area contributed by atoms with Crippen molar-refractivity contribution >= 4 is 0 Å². The molecule has 124 valence electrons. The molecule has 2 aromatic rings. The predicted octanol–water partition coefficient (Wildman–Crippen LogP) is 3.93. The molecule has 0 atom stereocenters. The monoisotopic (exact) mass is 325 g/mol. The fraction of sp³-hybridized carbons (Fsp3) is 0.294. The molecule has 0 spiro atoms. The molecule has 0 aliphatic heterocycles. The van der Waals surface area contributed by atoms with Gasteiger partial charge in [0.25, 0.3) is 0 Å². The van der Waals surface area contributed by atoms with E-state index in [4.69, 9.17) is 4.74 Å². The van der Waals surface area contributed by atoms with Gasteiger partial charge in [-0.3, -0.25) is 0 Å². The average molecular weight is 325 g/mol. The minimum Gasteiger partial charge on any atom is -0.497 e. The normalized spacial score (nSPS) is 11.3. The van der Waals surface area contributed by atoms with Gasteiger partial charge in [0.2, 0.25) is 0 Å². The van der Waals surface area contributed by atoms with E-state index in [1.54, 1.807) is 19.2 Å². The first-order valence-corrected chi connectivity index (χ1v) is 7.08. The topological polar surface area (TPSA) is 30.5 Å². The summed E-state index contributed by atoms with van der Waals surface area (Å²) in [5, 5.41) is 3.27. The molecule has 2 aromatic carbocycles. The van der Waals surface area contributed by atoms with Crippen molar-refractivity contribution < 1.29 is 22.6 Å². The number of rotatable bonds is 7. The minimum atomic E-state index is -4.32. The van der Waals surface area contributed by atoms with Gasteiger partial charge in [0.05, 0.1) is 7.11 Å². The average Bonchev–Trinajstić information content (AvgIpc) is 2.54. The van der Waals surface area contributed by atoms with Crippen LogP contribution in [0.2, 0.25) is 0 Å². The molecule has 0 bridgehead atoms. The molecule has 2 rings (SSSR count). The molecule has 0 heterocycles. The smallest absolute Gasteiger partial charge is 0.422 e. The van der Waals surface area contributed by atoms with Gasteiger partial charge in [-0.15, -0.1) is 0 Å². The van der Waals surface area contributed by atoms with Gasteiger partial charge in [0, 0.05) is 13.1 Å². The molecule has 1 N–H and O–H groups in total. The van der Waals surface area contributed by atoms with Crippen molar-refractivity contribution in [2.24, 2.45) is 0 Å². The quantitative estimate of drug-likeness (QED) is 0.837. The molecule has 0 aromatic heterocycles. The van der Waals surface area contributed by atoms with E-state index in [0.717, 1.165) is 16.9 Å². The Hall–Kier alpha value is -2.21. The van der Waals surface area contributed by atoms with Gasteiger partial charge in [-0.2, -0.15) is 13.2 Å². The van der Waals surface area contributed by atoms with Crippen LogP contribution in [0.3, 0.4) is 0 Å². The third-order valence-corrected chi connectivity index (χ3v) is 3.14. The highest BCUT2D eigenvalue weighted by atomic mass is 19.4. The zero-order valence-corrected chi connectivity index (χ0v) is 12.7. The van der Waals surface area contributed by atoms with Crippen LogP contribution >= 0.6 is 0 Å². The molecule has 0 unspecified atom stereocenters. The first-order chi connectivity index (χ1) is 11.0. The van der Waals surface area contributed by atoms with E-state index in [0.29, 0.717) is 13.1 Å². The molecule has 0 fully saturated rings. The first kappa shape index (κ1) is 17.1. The third-order valence-electron chi connectivity index (χ3n) is 3.14. The Kier molecular flexibility index (Phi) is 5.87. The molecular weight excluding hydrogens is 307 g/mol. The van der Waals surface area contributed by atoms with Crippen molar-refractivity contribution in [2.45, 2.75) is 19.3 Å². The van der Waals surface area contributed by atoms with Crippen LogP contribution in [0.1, 0.15) is 11.1 Å². The highest BCUT2D eigenvalue weighted by molar-refractivity contribution is 5.28. The molecule has 6 heteroatoms. The zero-order valence-electron chi connectivity index (χ0n) is 12.7. The first-order valence-electron chi connectivity index (χ1n) is 7.08. The van der Waals surface area contributed by atoms with Crippen LogP contribution in [-0.4, -0.2) is 19.9 Å². The molecule has 0 aliphatic carbocycles. The Morgan fingerprint density at radius 3 is 1.74 bits per heavy atom. The Bertz CT molecular complexity index is 595. The standard InChI is InChI=1S/C17H18F3NO2/c1-22-15-6-2-13(3-7-15)10-21-11-14-4-8-16(9-5-14)23-12-17(18,19)20/h2-9,21H,10-12H2,1H3. The predicted molar refractivity (Wildman–Crippen MR) is 81.5 cm³/mol. The summed E-state index contributed by atoms with van der Waals surface area (Å²) in [6.07, 6.45) is -4.32. The third kappa shape index (κ3) is 6.20. The molecule has 0 saturated carbocycles. The maximum Gasteiger partial charge on any atom is 0.422 e. The summed E-state index contributed by atoms with van der Waals surface area (Å²) in [4.78, 5) is 0. The van der Waals surface area contributed by atoms with Gasteiger partial charge in [0.15, 0.2) is 6.61 Å². The Morgan fingerprint density at radius 1 is 0.826 bits per heavy atom. The molecule has 0 radical (unpaired) electrons. The number of halogens is 3. The second-order valence-corrected chi connectivity index (χ2v) is 5.00. The number of nitrogens with one attached hydrogen (secondary N) is 1. The molecular formula is C17H18F3NO2. The van der Waals surface area contributed by atoms with Gasteiger partial charge in [-0.1, -0.05) is 24.3 Å². The maximum absolute atomic E-state index is 12.1. The minimum absolute atomic E-state index is 0.209. The van der Waals surface area contributed by atoms with E-state index in [1.807, 2.05) is 24.3 Å². The van der Waals surface area contributed by atoms with E-state index in [1.165, 1.54) is 12.1 Å². The van der Waals surface area contributed by atoms with Gasteiger partial charge >= 0.3 is 6.18 Å². The van der Waals surface area contributed by atoms with Crippen molar-refractivity contribution in [1.29, 1.82) is 0 Å². The van der Waals surface area contributed by atoms with Crippen molar-refractivity contribution in [1.82, 2.24) is 5.32 Å². The maximum atomic E-state index is 12.1. The van der Waals surface area contributed by atoms with Crippen LogP contribution in [-0.2, 0) is 13.1 Å². The number of hydrogen-bond acceptors (Lipinski definition) is 3. The molecule has 0 amide bonds. The largest absolute Gasteiger partial charge is 0.497 e. The lowest BCUT2D eigenvalue weighted by molar-refractivity contribution is -0.153. The summed E-state index contributed by atoms with van der Waals surface area (Å²) in [6, 6.07) is 14.3. The molecule has 3 nitrogen and oxygen atoms in total. The number of hydrogen-bond donors (Lipinski definition) is 1. The Balaban J connectivity index is 1.77. The Morgan fingerprint density at radius 2 is 1.30 bits per heavy atom. The van der Waals surface area contributed by atoms with Crippen LogP contribution in [0, 0.1) is 0 Å². The Labute approximate surface area is 133 Å². The summed E-state index contributed by atoms with van der Waals surface area (Å²) in [5.41, 5.74) is 2.09. The van der Waals surface area contributed by atoms with Crippen LogP contribution in [0.15, 0.2) is 48.5 Å². The lowest BCUT2D eigenvalue weighted by Gasteiger charge is -2.10. The van der Waals surface area contributed by atoms with E-state index in [9.17, 15) is 13.2 Å². The van der Waals surface area contributed by atoms with Gasteiger partial charge in [-0.25, -0.2) is 0 Å². The van der Waals surface area contributed by atoms with E-state index < -0.39 is 12.8 Å². The fourth-order valence-electron chi connectivity index (χ4n) is 1.96. The van der Waals surface area contributed by atoms with E-state index in [-0.39, 0.29) is 5.75 Å². The second-order valence-electron chi connectivity index (χ2n) is 5.00. The zero-order chi connectivity index (χ0) is 16.7. The SMILES string of the molecule is COc1ccc(CNCc2ccc(OCC(F)(F)F)cc2)cc1. The number of benzene rings is 2. The summed E-state index contributed by atoms with van der Waals surface area (Å²) in [7, 11) is 1.62. The van der Waals surface area contributed by atoms with Crippen molar-refractivity contribution in [3.05, 3.63) is 59.7 Å². The number of alkyl halides is 3. The highest BCUT2D eigenvalue weighted by Crippen LogP contribution is 2.19. The molecule has 0 aliphatic rings. The number of methoxy groups -OCH3 is 1. The fourth-order valence-corrected chi connectivity index (χ4v) is 1.96. The van der Waals surface area contributed by atoms with Crippen molar-refractivity contribution in [2.75, 3.05) is 13.7 Å². The molecule has 0 saturated heterocycles. The van der Waals surface area contributed by atoms with Gasteiger partial charge < -0.3 is 14.8 Å². The van der Waals surface area contributed by atoms with Crippen molar-refractivity contribution in [3.8, 4) is 11.5 Å². The van der Waals surface area contributed by atoms with Crippen LogP contribution in [0.4, 0.5) is 13.2 Å². The second kappa shape index (κ2) is 7.87. The summed E-state index contributed by atoms with van der Waals surface area (Å²) < 4.78 is 45.9. The summed E-state index contributed by atoms with van der Waals surface area (Å²) in [5.74, 6) is 1.02. The molecule has 23 heavy (non-hydrogen) atoms. The summed E-state index contributed by atoms with van der Waals surface area (Å²) >= 11 is 0. The lowest BCUT2D eigenvalue weighted by Crippen LogP contribution is -2.19. The van der Waals surface area contributed by atoms with Crippen LogP contribution in [0.25, 0.3) is 0 Å². The highest BCUT2D eigenvalue weighted by Gasteiger charge is 2.28. The van der Waals surface area contributed by atoms with E-state index in [2.05, 4.69) is 10.1 Å². The summed E-state index contributed by atoms with van der Waals surface area (Å²) in [6.45, 7) is 0.0317. The number of ether oxygens (including phenoxy) is 2. The van der Waals surface area contributed by atoms with E-state index >= 15 is 0 Å². The van der Waals surface area contributed by atoms with Crippen LogP contribution in [0.5, 0.6) is 11.5 Å².